The smallest absolute Gasteiger partial charge is 0.220 e. The Morgan fingerprint density at radius 2 is 2.00 bits per heavy atom. The number of nitrogens with zero attached hydrogens (tertiary/aromatic N) is 6. The van der Waals surface area contributed by atoms with Gasteiger partial charge in [0.05, 0.1) is 36.8 Å². The van der Waals surface area contributed by atoms with E-state index < -0.39 is 6.17 Å². The predicted molar refractivity (Wildman–Crippen MR) is 122 cm³/mol. The summed E-state index contributed by atoms with van der Waals surface area (Å²) in [4.78, 5) is 16.4. The van der Waals surface area contributed by atoms with Gasteiger partial charge in [-0.1, -0.05) is 6.08 Å². The highest BCUT2D eigenvalue weighted by molar-refractivity contribution is 5.66. The maximum absolute atomic E-state index is 13.9. The van der Waals surface area contributed by atoms with Crippen LogP contribution in [0.25, 0.3) is 23.1 Å². The second-order valence-corrected chi connectivity index (χ2v) is 8.94. The van der Waals surface area contributed by atoms with Gasteiger partial charge in [0.25, 0.3) is 0 Å². The Kier molecular flexibility index (Phi) is 5.21. The highest BCUT2D eigenvalue weighted by Gasteiger charge is 2.26. The van der Waals surface area contributed by atoms with Crippen LogP contribution < -0.4 is 9.64 Å². The molecule has 0 spiro atoms. The van der Waals surface area contributed by atoms with Crippen molar-refractivity contribution in [1.29, 1.82) is 0 Å². The number of fused-ring (bicyclic) bond motifs is 2. The Morgan fingerprint density at radius 1 is 1.12 bits per heavy atom. The van der Waals surface area contributed by atoms with Crippen molar-refractivity contribution in [2.24, 2.45) is 0 Å². The average Bonchev–Trinajstić information content (AvgIpc) is 3.45. The molecule has 1 aliphatic carbocycles. The molecule has 5 heterocycles. The van der Waals surface area contributed by atoms with Gasteiger partial charge in [-0.25, -0.2) is 19.3 Å². The average molecular weight is 451 g/mol. The molecule has 1 unspecified atom stereocenters. The van der Waals surface area contributed by atoms with Crippen molar-refractivity contribution in [2.45, 2.75) is 51.3 Å². The Hall–Kier alpha value is -3.07. The molecule has 3 aromatic heterocycles. The quantitative estimate of drug-likeness (QED) is 0.601. The van der Waals surface area contributed by atoms with Gasteiger partial charge >= 0.3 is 0 Å². The molecule has 0 aromatic carbocycles. The van der Waals surface area contributed by atoms with Gasteiger partial charge in [0, 0.05) is 31.5 Å². The second kappa shape index (κ2) is 8.37. The van der Waals surface area contributed by atoms with Crippen LogP contribution in [0.3, 0.4) is 0 Å². The van der Waals surface area contributed by atoms with Crippen molar-refractivity contribution in [2.75, 3.05) is 31.2 Å². The van der Waals surface area contributed by atoms with E-state index in [9.17, 15) is 4.39 Å². The SMILES string of the molecule is Cc1nc2c(nc1-c1cc3nc(N4CCC(F)C4)cc(OC4CCOCC4)n3n1)CCC=C2. The fraction of sp³-hybridized carbons (Fsp3) is 0.500. The van der Waals surface area contributed by atoms with Crippen LogP contribution in [0.5, 0.6) is 5.88 Å². The van der Waals surface area contributed by atoms with Crippen molar-refractivity contribution < 1.29 is 13.9 Å². The Bertz CT molecular complexity index is 1220. The third kappa shape index (κ3) is 3.94. The second-order valence-electron chi connectivity index (χ2n) is 8.94. The minimum atomic E-state index is -0.828. The fourth-order valence-electron chi connectivity index (χ4n) is 4.73. The molecule has 33 heavy (non-hydrogen) atoms. The third-order valence-corrected chi connectivity index (χ3v) is 6.53. The van der Waals surface area contributed by atoms with Crippen LogP contribution in [0, 0.1) is 6.92 Å². The molecule has 0 bridgehead atoms. The lowest BCUT2D eigenvalue weighted by atomic mass is 10.1. The molecule has 3 aromatic rings. The van der Waals surface area contributed by atoms with Crippen molar-refractivity contribution in [3.05, 3.63) is 35.3 Å². The van der Waals surface area contributed by atoms with Gasteiger partial charge in [0.2, 0.25) is 5.88 Å². The van der Waals surface area contributed by atoms with Crippen molar-refractivity contribution in [3.8, 4) is 17.3 Å². The van der Waals surface area contributed by atoms with Crippen LogP contribution in [0.2, 0.25) is 0 Å². The van der Waals surface area contributed by atoms with Crippen molar-refractivity contribution >= 4 is 17.5 Å². The van der Waals surface area contributed by atoms with E-state index in [4.69, 9.17) is 29.5 Å². The molecule has 172 valence electrons. The number of rotatable bonds is 4. The Morgan fingerprint density at radius 3 is 2.82 bits per heavy atom. The van der Waals surface area contributed by atoms with Gasteiger partial charge < -0.3 is 14.4 Å². The molecule has 2 fully saturated rings. The number of hydrogen-bond donors (Lipinski definition) is 0. The highest BCUT2D eigenvalue weighted by Crippen LogP contribution is 2.30. The summed E-state index contributed by atoms with van der Waals surface area (Å²) in [6, 6.07) is 3.80. The van der Waals surface area contributed by atoms with E-state index >= 15 is 0 Å². The summed E-state index contributed by atoms with van der Waals surface area (Å²) >= 11 is 0. The molecule has 3 aliphatic rings. The molecule has 8 nitrogen and oxygen atoms in total. The fourth-order valence-corrected chi connectivity index (χ4v) is 4.73. The zero-order valence-corrected chi connectivity index (χ0v) is 18.7. The highest BCUT2D eigenvalue weighted by atomic mass is 19.1. The van der Waals surface area contributed by atoms with Crippen LogP contribution in [0.1, 0.15) is 42.8 Å². The minimum absolute atomic E-state index is 0.0504. The largest absolute Gasteiger partial charge is 0.474 e. The van der Waals surface area contributed by atoms with E-state index in [0.29, 0.717) is 49.9 Å². The molecule has 2 aliphatic heterocycles. The van der Waals surface area contributed by atoms with Crippen LogP contribution in [0.15, 0.2) is 18.2 Å². The molecule has 9 heteroatoms. The van der Waals surface area contributed by atoms with Crippen LogP contribution in [-0.2, 0) is 11.2 Å². The lowest BCUT2D eigenvalue weighted by molar-refractivity contribution is 0.0228. The van der Waals surface area contributed by atoms with E-state index in [1.807, 2.05) is 30.0 Å². The summed E-state index contributed by atoms with van der Waals surface area (Å²) in [5.41, 5.74) is 4.89. The van der Waals surface area contributed by atoms with Crippen LogP contribution in [-0.4, -0.2) is 63.1 Å². The Labute approximate surface area is 191 Å². The maximum atomic E-state index is 13.9. The molecule has 2 saturated heterocycles. The molecule has 0 N–H and O–H groups in total. The van der Waals surface area contributed by atoms with Gasteiger partial charge in [-0.3, -0.25) is 0 Å². The standard InChI is InChI=1S/C24H27FN6O2/c1-15-24(27-19-5-3-2-4-18(19)26-15)20-12-22-28-21(30-9-6-16(25)14-30)13-23(31(22)29-20)33-17-7-10-32-11-8-17/h2,4,12-13,16-17H,3,5-11,14H2,1H3. The number of ether oxygens (including phenoxy) is 2. The first kappa shape index (κ1) is 20.5. The summed E-state index contributed by atoms with van der Waals surface area (Å²) < 4.78 is 27.5. The van der Waals surface area contributed by atoms with E-state index in [1.54, 1.807) is 4.52 Å². The number of anilines is 1. The maximum Gasteiger partial charge on any atom is 0.220 e. The zero-order chi connectivity index (χ0) is 22.4. The van der Waals surface area contributed by atoms with Crippen molar-refractivity contribution in [3.63, 3.8) is 0 Å². The lowest BCUT2D eigenvalue weighted by Gasteiger charge is -2.24. The monoisotopic (exact) mass is 450 g/mol. The summed E-state index contributed by atoms with van der Waals surface area (Å²) in [6.45, 7) is 4.32. The van der Waals surface area contributed by atoms with Crippen LogP contribution >= 0.6 is 0 Å². The number of allylic oxidation sites excluding steroid dienone is 1. The number of hydrogen-bond acceptors (Lipinski definition) is 7. The lowest BCUT2D eigenvalue weighted by Crippen LogP contribution is -2.27. The van der Waals surface area contributed by atoms with E-state index in [1.165, 1.54) is 0 Å². The molecule has 1 atom stereocenters. The first-order valence-corrected chi connectivity index (χ1v) is 11.7. The predicted octanol–water partition coefficient (Wildman–Crippen LogP) is 3.56. The molecule has 0 amide bonds. The summed E-state index contributed by atoms with van der Waals surface area (Å²) in [7, 11) is 0. The molecular formula is C24H27FN6O2. The van der Waals surface area contributed by atoms with Crippen LogP contribution in [0.4, 0.5) is 10.2 Å². The molecular weight excluding hydrogens is 423 g/mol. The first-order valence-electron chi connectivity index (χ1n) is 11.7. The summed E-state index contributed by atoms with van der Waals surface area (Å²) in [6.07, 6.45) is 7.40. The van der Waals surface area contributed by atoms with Gasteiger partial charge in [-0.15, -0.1) is 0 Å². The zero-order valence-electron chi connectivity index (χ0n) is 18.7. The third-order valence-electron chi connectivity index (χ3n) is 6.53. The van der Waals surface area contributed by atoms with E-state index in [-0.39, 0.29) is 6.10 Å². The normalized spacial score (nSPS) is 21.0. The summed E-state index contributed by atoms with van der Waals surface area (Å²) in [5.74, 6) is 1.33. The Balaban J connectivity index is 1.43. The molecule has 6 rings (SSSR count). The van der Waals surface area contributed by atoms with Gasteiger partial charge in [0.1, 0.15) is 29.5 Å². The number of aromatic nitrogens is 5. The van der Waals surface area contributed by atoms with Gasteiger partial charge in [-0.05, 0) is 32.3 Å². The van der Waals surface area contributed by atoms with E-state index in [2.05, 4.69) is 6.08 Å². The molecule has 0 saturated carbocycles. The minimum Gasteiger partial charge on any atom is -0.474 e. The molecule has 0 radical (unpaired) electrons. The number of halogens is 1. The summed E-state index contributed by atoms with van der Waals surface area (Å²) in [5, 5.41) is 4.83. The number of alkyl halides is 1. The van der Waals surface area contributed by atoms with Gasteiger partial charge in [-0.2, -0.15) is 9.61 Å². The number of aryl methyl sites for hydroxylation is 2. The first-order chi connectivity index (χ1) is 16.1. The van der Waals surface area contributed by atoms with Crippen molar-refractivity contribution in [1.82, 2.24) is 24.6 Å². The van der Waals surface area contributed by atoms with E-state index in [0.717, 1.165) is 54.3 Å². The van der Waals surface area contributed by atoms with Gasteiger partial charge in [0.15, 0.2) is 5.65 Å². The topological polar surface area (TPSA) is 77.7 Å².